The molecule has 2 aliphatic rings. The van der Waals surface area contributed by atoms with Gasteiger partial charge >= 0.3 is 0 Å². The standard InChI is InChI=1S/C20H30O11/c1-9(10-5-3-2-4-6-10)29-20-18(27)16(25)14(23)12(31-20)8-28-19-17(26)15(24)13(22)11(7-21)30-19/h2-6,9,11-27H,7-8H2,1H3/t9?,11-,12-,13+,14+,15-,16-,17-,18-,19+,20+/m0/s1. The number of aliphatic hydroxyl groups excluding tert-OH is 7. The van der Waals surface area contributed by atoms with Crippen molar-refractivity contribution in [2.45, 2.75) is 74.4 Å². The molecule has 1 unspecified atom stereocenters. The van der Waals surface area contributed by atoms with Gasteiger partial charge in [0, 0.05) is 0 Å². The summed E-state index contributed by atoms with van der Waals surface area (Å²) in [6, 6.07) is 9.14. The molecule has 0 amide bonds. The normalized spacial score (nSPS) is 42.3. The van der Waals surface area contributed by atoms with Crippen LogP contribution in [0.15, 0.2) is 30.3 Å². The lowest BCUT2D eigenvalue weighted by Gasteiger charge is -2.43. The van der Waals surface area contributed by atoms with E-state index in [4.69, 9.17) is 18.9 Å². The minimum atomic E-state index is -1.63. The summed E-state index contributed by atoms with van der Waals surface area (Å²) in [5, 5.41) is 69.7. The fourth-order valence-corrected chi connectivity index (χ4v) is 3.57. The van der Waals surface area contributed by atoms with Gasteiger partial charge in [-0.05, 0) is 12.5 Å². The van der Waals surface area contributed by atoms with Gasteiger partial charge in [-0.15, -0.1) is 0 Å². The highest BCUT2D eigenvalue weighted by molar-refractivity contribution is 5.16. The Morgan fingerprint density at radius 3 is 1.94 bits per heavy atom. The van der Waals surface area contributed by atoms with E-state index in [1.807, 2.05) is 30.3 Å². The summed E-state index contributed by atoms with van der Waals surface area (Å²) in [6.07, 6.45) is -15.0. The lowest BCUT2D eigenvalue weighted by atomic mass is 9.98. The van der Waals surface area contributed by atoms with Crippen molar-refractivity contribution < 1.29 is 54.7 Å². The Bertz CT molecular complexity index is 674. The van der Waals surface area contributed by atoms with Gasteiger partial charge in [0.25, 0.3) is 0 Å². The molecule has 2 heterocycles. The molecule has 0 bridgehead atoms. The van der Waals surface area contributed by atoms with Crippen molar-refractivity contribution in [1.29, 1.82) is 0 Å². The van der Waals surface area contributed by atoms with Crippen molar-refractivity contribution in [3.8, 4) is 0 Å². The van der Waals surface area contributed by atoms with Gasteiger partial charge in [0.2, 0.25) is 0 Å². The third-order valence-electron chi connectivity index (χ3n) is 5.55. The maximum Gasteiger partial charge on any atom is 0.187 e. The molecule has 1 aromatic carbocycles. The summed E-state index contributed by atoms with van der Waals surface area (Å²) < 4.78 is 22.0. The van der Waals surface area contributed by atoms with E-state index >= 15 is 0 Å². The zero-order valence-corrected chi connectivity index (χ0v) is 16.9. The minimum Gasteiger partial charge on any atom is -0.394 e. The van der Waals surface area contributed by atoms with Gasteiger partial charge in [0.15, 0.2) is 12.6 Å². The van der Waals surface area contributed by atoms with E-state index in [9.17, 15) is 35.7 Å². The number of benzene rings is 1. The Kier molecular flexibility index (Phi) is 8.35. The van der Waals surface area contributed by atoms with E-state index in [1.165, 1.54) is 0 Å². The topological polar surface area (TPSA) is 179 Å². The molecule has 0 aromatic heterocycles. The first-order valence-corrected chi connectivity index (χ1v) is 10.1. The Morgan fingerprint density at radius 2 is 1.32 bits per heavy atom. The summed E-state index contributed by atoms with van der Waals surface area (Å²) in [7, 11) is 0. The predicted octanol–water partition coefficient (Wildman–Crippen LogP) is -2.61. The van der Waals surface area contributed by atoms with Crippen molar-refractivity contribution >= 4 is 0 Å². The zero-order chi connectivity index (χ0) is 22.7. The molecule has 176 valence electrons. The van der Waals surface area contributed by atoms with Crippen LogP contribution in [0.1, 0.15) is 18.6 Å². The second kappa shape index (κ2) is 10.6. The molecule has 0 saturated carbocycles. The summed E-state index contributed by atoms with van der Waals surface area (Å²) in [6.45, 7) is 0.709. The van der Waals surface area contributed by atoms with Crippen LogP contribution >= 0.6 is 0 Å². The molecule has 2 fully saturated rings. The van der Waals surface area contributed by atoms with Crippen LogP contribution in [0, 0.1) is 0 Å². The Balaban J connectivity index is 1.62. The van der Waals surface area contributed by atoms with Crippen molar-refractivity contribution in [3.63, 3.8) is 0 Å². The lowest BCUT2D eigenvalue weighted by molar-refractivity contribution is -0.335. The van der Waals surface area contributed by atoms with Crippen LogP contribution in [0.4, 0.5) is 0 Å². The van der Waals surface area contributed by atoms with Gasteiger partial charge < -0.3 is 54.7 Å². The van der Waals surface area contributed by atoms with Crippen LogP contribution in [-0.2, 0) is 18.9 Å². The SMILES string of the molecule is CC(O[C@@H]1O[C@@H](CO[C@@H]2O[C@@H](CO)[C@@H](O)[C@H](O)[C@@H]2O)[C@@H](O)[C@H](O)[C@@H]1O)c1ccccc1. The van der Waals surface area contributed by atoms with E-state index in [0.29, 0.717) is 0 Å². The molecule has 11 atom stereocenters. The molecule has 0 radical (unpaired) electrons. The third kappa shape index (κ3) is 5.41. The molecule has 31 heavy (non-hydrogen) atoms. The van der Waals surface area contributed by atoms with E-state index < -0.39 is 80.7 Å². The van der Waals surface area contributed by atoms with Crippen LogP contribution in [0.3, 0.4) is 0 Å². The summed E-state index contributed by atoms with van der Waals surface area (Å²) in [4.78, 5) is 0. The number of ether oxygens (including phenoxy) is 4. The largest absolute Gasteiger partial charge is 0.394 e. The molecular weight excluding hydrogens is 416 g/mol. The second-order valence-corrected chi connectivity index (χ2v) is 7.73. The molecule has 11 nitrogen and oxygen atoms in total. The van der Waals surface area contributed by atoms with E-state index in [-0.39, 0.29) is 0 Å². The number of rotatable bonds is 7. The molecule has 0 aliphatic carbocycles. The van der Waals surface area contributed by atoms with Gasteiger partial charge in [-0.25, -0.2) is 0 Å². The first-order chi connectivity index (χ1) is 14.7. The highest BCUT2D eigenvalue weighted by Crippen LogP contribution is 2.28. The average Bonchev–Trinajstić information content (AvgIpc) is 2.78. The monoisotopic (exact) mass is 446 g/mol. The lowest BCUT2D eigenvalue weighted by Crippen LogP contribution is -2.61. The maximum absolute atomic E-state index is 10.3. The van der Waals surface area contributed by atoms with Crippen LogP contribution in [0.25, 0.3) is 0 Å². The molecular formula is C20H30O11. The van der Waals surface area contributed by atoms with Gasteiger partial charge in [0.05, 0.1) is 19.3 Å². The van der Waals surface area contributed by atoms with E-state index in [2.05, 4.69) is 0 Å². The Hall–Kier alpha value is -1.22. The first-order valence-electron chi connectivity index (χ1n) is 10.1. The van der Waals surface area contributed by atoms with Crippen LogP contribution in [0.2, 0.25) is 0 Å². The molecule has 7 N–H and O–H groups in total. The molecule has 3 rings (SSSR count). The third-order valence-corrected chi connectivity index (χ3v) is 5.55. The molecule has 11 heteroatoms. The van der Waals surface area contributed by atoms with Gasteiger partial charge in [-0.1, -0.05) is 30.3 Å². The highest BCUT2D eigenvalue weighted by Gasteiger charge is 2.47. The van der Waals surface area contributed by atoms with Gasteiger partial charge in [-0.2, -0.15) is 0 Å². The van der Waals surface area contributed by atoms with Crippen LogP contribution < -0.4 is 0 Å². The molecule has 0 spiro atoms. The number of hydrogen-bond donors (Lipinski definition) is 7. The Morgan fingerprint density at radius 1 is 0.774 bits per heavy atom. The van der Waals surface area contributed by atoms with Crippen molar-refractivity contribution in [2.75, 3.05) is 13.2 Å². The van der Waals surface area contributed by atoms with Gasteiger partial charge in [0.1, 0.15) is 48.8 Å². The quantitative estimate of drug-likeness (QED) is 0.233. The summed E-state index contributed by atoms with van der Waals surface area (Å²) in [5.74, 6) is 0. The zero-order valence-electron chi connectivity index (χ0n) is 16.9. The average molecular weight is 446 g/mol. The first kappa shape index (κ1) is 24.4. The van der Waals surface area contributed by atoms with E-state index in [0.717, 1.165) is 5.56 Å². The van der Waals surface area contributed by atoms with Crippen molar-refractivity contribution in [1.82, 2.24) is 0 Å². The Labute approximate surface area is 179 Å². The van der Waals surface area contributed by atoms with Gasteiger partial charge in [-0.3, -0.25) is 0 Å². The number of aliphatic hydroxyl groups is 7. The van der Waals surface area contributed by atoms with Crippen molar-refractivity contribution in [2.24, 2.45) is 0 Å². The molecule has 1 aromatic rings. The fraction of sp³-hybridized carbons (Fsp3) is 0.700. The number of hydrogen-bond acceptors (Lipinski definition) is 11. The highest BCUT2D eigenvalue weighted by atomic mass is 16.7. The maximum atomic E-state index is 10.3. The van der Waals surface area contributed by atoms with Crippen molar-refractivity contribution in [3.05, 3.63) is 35.9 Å². The predicted molar refractivity (Wildman–Crippen MR) is 102 cm³/mol. The van der Waals surface area contributed by atoms with Crippen LogP contribution in [-0.4, -0.2) is 110 Å². The summed E-state index contributed by atoms with van der Waals surface area (Å²) in [5.41, 5.74) is 0.813. The molecule has 2 aliphatic heterocycles. The van der Waals surface area contributed by atoms with Crippen LogP contribution in [0.5, 0.6) is 0 Å². The summed E-state index contributed by atoms with van der Waals surface area (Å²) >= 11 is 0. The molecule has 2 saturated heterocycles. The fourth-order valence-electron chi connectivity index (χ4n) is 3.57. The minimum absolute atomic E-state index is 0.410. The van der Waals surface area contributed by atoms with E-state index in [1.54, 1.807) is 6.92 Å². The smallest absolute Gasteiger partial charge is 0.187 e. The second-order valence-electron chi connectivity index (χ2n) is 7.73.